The molecule has 0 aliphatic rings. The minimum Gasteiger partial charge on any atom is -0.489 e. The second kappa shape index (κ2) is 10.3. The van der Waals surface area contributed by atoms with E-state index < -0.39 is 5.97 Å². The Morgan fingerprint density at radius 2 is 1.84 bits per heavy atom. The van der Waals surface area contributed by atoms with Crippen LogP contribution in [0.4, 0.5) is 0 Å². The SMILES string of the molecule is COC(=O)c1cc(CN(C)C(=O)/C=C/c2cccc(OCc3ccccc3)c2)oc1C. The molecule has 6 heteroatoms. The molecule has 0 aliphatic carbocycles. The molecule has 1 aromatic heterocycles. The third kappa shape index (κ3) is 6.09. The standard InChI is InChI=1S/C25H25NO5/c1-18-23(25(28)29-3)15-22(31-18)16-26(2)24(27)13-12-19-10-7-11-21(14-19)30-17-20-8-5-4-6-9-20/h4-15H,16-17H2,1-3H3/b13-12+. The molecule has 0 unspecified atom stereocenters. The average Bonchev–Trinajstić information content (AvgIpc) is 3.16. The van der Waals surface area contributed by atoms with E-state index in [1.54, 1.807) is 26.1 Å². The van der Waals surface area contributed by atoms with E-state index in [1.165, 1.54) is 18.1 Å². The number of ether oxygens (including phenoxy) is 2. The number of likely N-dealkylation sites (N-methyl/N-ethyl adjacent to an activating group) is 1. The van der Waals surface area contributed by atoms with Crippen LogP contribution in [0.1, 0.15) is 33.0 Å². The lowest BCUT2D eigenvalue weighted by molar-refractivity contribution is -0.125. The second-order valence-electron chi connectivity index (χ2n) is 7.05. The van der Waals surface area contributed by atoms with Crippen LogP contribution in [0.2, 0.25) is 0 Å². The van der Waals surface area contributed by atoms with Crippen molar-refractivity contribution in [2.45, 2.75) is 20.1 Å². The Labute approximate surface area is 181 Å². The van der Waals surface area contributed by atoms with E-state index >= 15 is 0 Å². The smallest absolute Gasteiger partial charge is 0.341 e. The first-order valence-electron chi connectivity index (χ1n) is 9.84. The summed E-state index contributed by atoms with van der Waals surface area (Å²) in [6, 6.07) is 19.1. The van der Waals surface area contributed by atoms with Crippen LogP contribution in [0.5, 0.6) is 5.75 Å². The molecule has 3 rings (SSSR count). The van der Waals surface area contributed by atoms with Crippen molar-refractivity contribution in [2.24, 2.45) is 0 Å². The van der Waals surface area contributed by atoms with Crippen LogP contribution < -0.4 is 4.74 Å². The van der Waals surface area contributed by atoms with Crippen LogP contribution in [-0.4, -0.2) is 30.9 Å². The Kier molecular flexibility index (Phi) is 7.27. The first-order chi connectivity index (χ1) is 15.0. The van der Waals surface area contributed by atoms with E-state index in [2.05, 4.69) is 0 Å². The quantitative estimate of drug-likeness (QED) is 0.393. The molecule has 2 aromatic carbocycles. The van der Waals surface area contributed by atoms with Crippen LogP contribution in [0.25, 0.3) is 6.08 Å². The summed E-state index contributed by atoms with van der Waals surface area (Å²) < 4.78 is 16.1. The van der Waals surface area contributed by atoms with Crippen molar-refractivity contribution in [3.63, 3.8) is 0 Å². The molecule has 0 atom stereocenters. The summed E-state index contributed by atoms with van der Waals surface area (Å²) in [6.07, 6.45) is 3.23. The van der Waals surface area contributed by atoms with Gasteiger partial charge in [-0.1, -0.05) is 42.5 Å². The van der Waals surface area contributed by atoms with Crippen molar-refractivity contribution in [1.29, 1.82) is 0 Å². The number of hydrogen-bond acceptors (Lipinski definition) is 5. The van der Waals surface area contributed by atoms with Crippen LogP contribution in [0.3, 0.4) is 0 Å². The number of aryl methyl sites for hydroxylation is 1. The molecular weight excluding hydrogens is 394 g/mol. The third-order valence-electron chi connectivity index (χ3n) is 4.67. The van der Waals surface area contributed by atoms with E-state index in [0.29, 0.717) is 23.7 Å². The van der Waals surface area contributed by atoms with Gasteiger partial charge < -0.3 is 18.8 Å². The Morgan fingerprint density at radius 3 is 2.58 bits per heavy atom. The number of benzene rings is 2. The van der Waals surface area contributed by atoms with Crippen molar-refractivity contribution in [3.8, 4) is 5.75 Å². The molecule has 0 radical (unpaired) electrons. The summed E-state index contributed by atoms with van der Waals surface area (Å²) in [5.74, 6) is 1.05. The van der Waals surface area contributed by atoms with Crippen molar-refractivity contribution >= 4 is 18.0 Å². The van der Waals surface area contributed by atoms with E-state index in [4.69, 9.17) is 13.9 Å². The summed E-state index contributed by atoms with van der Waals surface area (Å²) in [7, 11) is 2.98. The Bertz CT molecular complexity index is 1070. The van der Waals surface area contributed by atoms with Gasteiger partial charge in [-0.25, -0.2) is 4.79 Å². The maximum atomic E-state index is 12.5. The van der Waals surface area contributed by atoms with Gasteiger partial charge in [0.1, 0.15) is 29.4 Å². The average molecular weight is 419 g/mol. The number of methoxy groups -OCH3 is 1. The van der Waals surface area contributed by atoms with E-state index in [1.807, 2.05) is 54.6 Å². The van der Waals surface area contributed by atoms with Gasteiger partial charge in [-0.3, -0.25) is 4.79 Å². The fourth-order valence-corrected chi connectivity index (χ4v) is 2.99. The maximum Gasteiger partial charge on any atom is 0.341 e. The molecule has 0 spiro atoms. The van der Waals surface area contributed by atoms with E-state index in [9.17, 15) is 9.59 Å². The van der Waals surface area contributed by atoms with Crippen LogP contribution in [-0.2, 0) is 22.7 Å². The van der Waals surface area contributed by atoms with Crippen molar-refractivity contribution in [1.82, 2.24) is 4.90 Å². The highest BCUT2D eigenvalue weighted by Crippen LogP contribution is 2.18. The lowest BCUT2D eigenvalue weighted by Gasteiger charge is -2.13. The highest BCUT2D eigenvalue weighted by Gasteiger charge is 2.17. The van der Waals surface area contributed by atoms with Gasteiger partial charge in [0.2, 0.25) is 5.91 Å². The zero-order valence-corrected chi connectivity index (χ0v) is 17.8. The molecular formula is C25H25NO5. The number of carbonyl (C=O) groups excluding carboxylic acids is 2. The van der Waals surface area contributed by atoms with Crippen LogP contribution in [0, 0.1) is 6.92 Å². The van der Waals surface area contributed by atoms with Crippen LogP contribution in [0.15, 0.2) is 71.2 Å². The van der Waals surface area contributed by atoms with Gasteiger partial charge >= 0.3 is 5.97 Å². The highest BCUT2D eigenvalue weighted by atomic mass is 16.5. The van der Waals surface area contributed by atoms with Gasteiger partial charge in [0.25, 0.3) is 0 Å². The molecule has 0 saturated heterocycles. The molecule has 0 aliphatic heterocycles. The van der Waals surface area contributed by atoms with Gasteiger partial charge in [-0.2, -0.15) is 0 Å². The largest absolute Gasteiger partial charge is 0.489 e. The zero-order chi connectivity index (χ0) is 22.2. The first kappa shape index (κ1) is 21.9. The molecule has 6 nitrogen and oxygen atoms in total. The van der Waals surface area contributed by atoms with Gasteiger partial charge in [0.05, 0.1) is 13.7 Å². The molecule has 0 saturated carbocycles. The minimum atomic E-state index is -0.462. The number of amides is 1. The number of rotatable bonds is 8. The van der Waals surface area contributed by atoms with Crippen molar-refractivity contribution in [3.05, 3.63) is 95.0 Å². The fourth-order valence-electron chi connectivity index (χ4n) is 2.99. The number of furan rings is 1. The molecule has 160 valence electrons. The van der Waals surface area contributed by atoms with Crippen molar-refractivity contribution in [2.75, 3.05) is 14.2 Å². The molecule has 3 aromatic rings. The summed E-state index contributed by atoms with van der Waals surface area (Å²) in [6.45, 7) is 2.40. The number of nitrogens with zero attached hydrogens (tertiary/aromatic N) is 1. The lowest BCUT2D eigenvalue weighted by Crippen LogP contribution is -2.23. The maximum absolute atomic E-state index is 12.5. The van der Waals surface area contributed by atoms with Gasteiger partial charge in [-0.05, 0) is 42.3 Å². The van der Waals surface area contributed by atoms with Crippen LogP contribution >= 0.6 is 0 Å². The Balaban J connectivity index is 1.58. The molecule has 31 heavy (non-hydrogen) atoms. The normalized spacial score (nSPS) is 10.8. The molecule has 0 fully saturated rings. The van der Waals surface area contributed by atoms with Gasteiger partial charge in [0, 0.05) is 13.1 Å². The third-order valence-corrected chi connectivity index (χ3v) is 4.67. The lowest BCUT2D eigenvalue weighted by atomic mass is 10.2. The number of carbonyl (C=O) groups is 2. The first-order valence-corrected chi connectivity index (χ1v) is 9.84. The van der Waals surface area contributed by atoms with E-state index in [0.717, 1.165) is 16.9 Å². The summed E-state index contributed by atoms with van der Waals surface area (Å²) in [5, 5.41) is 0. The topological polar surface area (TPSA) is 69.0 Å². The van der Waals surface area contributed by atoms with Gasteiger partial charge in [-0.15, -0.1) is 0 Å². The molecule has 0 bridgehead atoms. The van der Waals surface area contributed by atoms with E-state index in [-0.39, 0.29) is 12.5 Å². The van der Waals surface area contributed by atoms with Crippen molar-refractivity contribution < 1.29 is 23.5 Å². The summed E-state index contributed by atoms with van der Waals surface area (Å²) >= 11 is 0. The number of esters is 1. The fraction of sp³-hybridized carbons (Fsp3) is 0.200. The predicted molar refractivity (Wildman–Crippen MR) is 118 cm³/mol. The molecule has 1 heterocycles. The Hall–Kier alpha value is -3.80. The summed E-state index contributed by atoms with van der Waals surface area (Å²) in [5.41, 5.74) is 2.30. The monoisotopic (exact) mass is 419 g/mol. The minimum absolute atomic E-state index is 0.190. The second-order valence-corrected chi connectivity index (χ2v) is 7.05. The van der Waals surface area contributed by atoms with Gasteiger partial charge in [0.15, 0.2) is 0 Å². The highest BCUT2D eigenvalue weighted by molar-refractivity contribution is 5.92. The zero-order valence-electron chi connectivity index (χ0n) is 17.8. The predicted octanol–water partition coefficient (Wildman–Crippen LogP) is 4.63. The molecule has 0 N–H and O–H groups in total. The number of hydrogen-bond donors (Lipinski definition) is 0. The molecule has 1 amide bonds. The Morgan fingerprint density at radius 1 is 1.06 bits per heavy atom. The summed E-state index contributed by atoms with van der Waals surface area (Å²) in [4.78, 5) is 25.7.